The lowest BCUT2D eigenvalue weighted by Crippen LogP contribution is -2.43. The molecule has 1 heterocycles. The smallest absolute Gasteiger partial charge is 0.321 e. The molecule has 2 amide bonds. The summed E-state index contributed by atoms with van der Waals surface area (Å²) < 4.78 is 5.73. The molecule has 1 aromatic rings. The fraction of sp³-hybridized carbons (Fsp3) is 0.533. The number of carbonyl (C=O) groups is 1. The lowest BCUT2D eigenvalue weighted by Gasteiger charge is -2.32. The Balaban J connectivity index is 1.75. The average Bonchev–Trinajstić information content (AvgIpc) is 2.48. The summed E-state index contributed by atoms with van der Waals surface area (Å²) in [6.45, 7) is 2.77. The highest BCUT2D eigenvalue weighted by Gasteiger charge is 2.23. The maximum atomic E-state index is 12.2. The number of carbonyl (C=O) groups excluding carboxylic acids is 1. The zero-order valence-electron chi connectivity index (χ0n) is 12.1. The van der Waals surface area contributed by atoms with Crippen molar-refractivity contribution in [3.8, 4) is 0 Å². The van der Waals surface area contributed by atoms with Crippen molar-refractivity contribution in [3.63, 3.8) is 0 Å². The maximum Gasteiger partial charge on any atom is 0.321 e. The lowest BCUT2D eigenvalue weighted by molar-refractivity contribution is 0.0156. The number of nitrogens with zero attached hydrogens (tertiary/aromatic N) is 1. The van der Waals surface area contributed by atoms with E-state index in [-0.39, 0.29) is 12.1 Å². The zero-order chi connectivity index (χ0) is 15.1. The summed E-state index contributed by atoms with van der Waals surface area (Å²) in [5.41, 5.74) is 6.16. The number of anilines is 1. The number of rotatable bonds is 5. The van der Waals surface area contributed by atoms with Gasteiger partial charge in [0.15, 0.2) is 0 Å². The summed E-state index contributed by atoms with van der Waals surface area (Å²) in [6.07, 6.45) is 2.86. The van der Waals surface area contributed by atoms with Crippen LogP contribution in [0.4, 0.5) is 10.5 Å². The van der Waals surface area contributed by atoms with Gasteiger partial charge in [-0.15, -0.1) is 0 Å². The fourth-order valence-electron chi connectivity index (χ4n) is 2.33. The van der Waals surface area contributed by atoms with Crippen LogP contribution >= 0.6 is 11.6 Å². The van der Waals surface area contributed by atoms with Gasteiger partial charge in [-0.2, -0.15) is 0 Å². The van der Waals surface area contributed by atoms with Crippen LogP contribution in [0.1, 0.15) is 19.3 Å². The molecule has 0 aromatic heterocycles. The molecule has 6 heteroatoms. The molecule has 0 aliphatic carbocycles. The largest absolute Gasteiger partial charge is 0.378 e. The Bertz CT molecular complexity index is 462. The Hall–Kier alpha value is -1.30. The van der Waals surface area contributed by atoms with Crippen LogP contribution in [-0.4, -0.2) is 43.3 Å². The van der Waals surface area contributed by atoms with Gasteiger partial charge < -0.3 is 20.7 Å². The minimum Gasteiger partial charge on any atom is -0.378 e. The van der Waals surface area contributed by atoms with E-state index in [0.29, 0.717) is 37.0 Å². The van der Waals surface area contributed by atoms with Crippen molar-refractivity contribution in [2.24, 2.45) is 5.73 Å². The molecule has 0 saturated carbocycles. The number of hydrogen-bond acceptors (Lipinski definition) is 3. The molecule has 21 heavy (non-hydrogen) atoms. The predicted molar refractivity (Wildman–Crippen MR) is 84.7 cm³/mol. The Kier molecular flexibility index (Phi) is 6.29. The first-order chi connectivity index (χ1) is 10.2. The van der Waals surface area contributed by atoms with Crippen LogP contribution in [0.5, 0.6) is 0 Å². The van der Waals surface area contributed by atoms with Gasteiger partial charge in [-0.1, -0.05) is 17.7 Å². The standard InChI is InChI=1S/C15H22ClN3O2/c16-12-3-1-4-13(11-12)18-15(20)19-8-5-14(6-9-19)21-10-2-7-17/h1,3-4,11,14H,2,5-10,17H2,(H,18,20). The van der Waals surface area contributed by atoms with E-state index in [1.54, 1.807) is 12.1 Å². The molecule has 2 rings (SSSR count). The number of urea groups is 1. The average molecular weight is 312 g/mol. The topological polar surface area (TPSA) is 67.6 Å². The maximum absolute atomic E-state index is 12.2. The van der Waals surface area contributed by atoms with Crippen LogP contribution < -0.4 is 11.1 Å². The summed E-state index contributed by atoms with van der Waals surface area (Å²) >= 11 is 5.90. The Morgan fingerprint density at radius 3 is 2.86 bits per heavy atom. The van der Waals surface area contributed by atoms with Crippen LogP contribution in [0.3, 0.4) is 0 Å². The fourth-order valence-corrected chi connectivity index (χ4v) is 2.52. The van der Waals surface area contributed by atoms with Gasteiger partial charge in [-0.3, -0.25) is 0 Å². The molecule has 3 N–H and O–H groups in total. The molecular weight excluding hydrogens is 290 g/mol. The van der Waals surface area contributed by atoms with Crippen LogP contribution in [0.15, 0.2) is 24.3 Å². The number of benzene rings is 1. The first-order valence-corrected chi connectivity index (χ1v) is 7.70. The second-order valence-corrected chi connectivity index (χ2v) is 5.58. The van der Waals surface area contributed by atoms with E-state index < -0.39 is 0 Å². The number of nitrogens with one attached hydrogen (secondary N) is 1. The van der Waals surface area contributed by atoms with Gasteiger partial charge in [0.2, 0.25) is 0 Å². The summed E-state index contributed by atoms with van der Waals surface area (Å²) in [7, 11) is 0. The SMILES string of the molecule is NCCCOC1CCN(C(=O)Nc2cccc(Cl)c2)CC1. The van der Waals surface area contributed by atoms with Crippen LogP contribution in [0.2, 0.25) is 5.02 Å². The van der Waals surface area contributed by atoms with Crippen molar-refractivity contribution in [2.75, 3.05) is 31.6 Å². The Morgan fingerprint density at radius 1 is 1.43 bits per heavy atom. The van der Waals surface area contributed by atoms with Crippen molar-refractivity contribution in [2.45, 2.75) is 25.4 Å². The number of halogens is 1. The van der Waals surface area contributed by atoms with E-state index >= 15 is 0 Å². The van der Waals surface area contributed by atoms with Crippen molar-refractivity contribution < 1.29 is 9.53 Å². The van der Waals surface area contributed by atoms with Gasteiger partial charge in [0, 0.05) is 30.4 Å². The van der Waals surface area contributed by atoms with Crippen molar-refractivity contribution in [3.05, 3.63) is 29.3 Å². The van der Waals surface area contributed by atoms with Gasteiger partial charge >= 0.3 is 6.03 Å². The monoisotopic (exact) mass is 311 g/mol. The molecule has 1 aliphatic heterocycles. The molecule has 116 valence electrons. The first kappa shape index (κ1) is 16.1. The summed E-state index contributed by atoms with van der Waals surface area (Å²) in [5.74, 6) is 0. The highest BCUT2D eigenvalue weighted by Crippen LogP contribution is 2.18. The second kappa shape index (κ2) is 8.22. The quantitative estimate of drug-likeness (QED) is 0.822. The normalized spacial score (nSPS) is 16.0. The minimum atomic E-state index is -0.0855. The summed E-state index contributed by atoms with van der Waals surface area (Å²) in [6, 6.07) is 7.07. The molecule has 0 spiro atoms. The third kappa shape index (κ3) is 5.19. The van der Waals surface area contributed by atoms with E-state index in [2.05, 4.69) is 5.32 Å². The first-order valence-electron chi connectivity index (χ1n) is 7.32. The Morgan fingerprint density at radius 2 is 2.19 bits per heavy atom. The molecule has 1 aromatic carbocycles. The van der Waals surface area contributed by atoms with Crippen molar-refractivity contribution in [1.29, 1.82) is 0 Å². The number of piperidine rings is 1. The van der Waals surface area contributed by atoms with Gasteiger partial charge in [-0.05, 0) is 44.0 Å². The molecule has 0 bridgehead atoms. The van der Waals surface area contributed by atoms with E-state index in [1.807, 2.05) is 17.0 Å². The van der Waals surface area contributed by atoms with Crippen LogP contribution in [-0.2, 0) is 4.74 Å². The molecule has 1 saturated heterocycles. The zero-order valence-corrected chi connectivity index (χ0v) is 12.8. The molecule has 1 fully saturated rings. The number of nitrogens with two attached hydrogens (primary N) is 1. The van der Waals surface area contributed by atoms with E-state index in [0.717, 1.165) is 19.3 Å². The van der Waals surface area contributed by atoms with Gasteiger partial charge in [-0.25, -0.2) is 4.79 Å². The van der Waals surface area contributed by atoms with Crippen molar-refractivity contribution in [1.82, 2.24) is 4.90 Å². The number of amides is 2. The Labute approximate surface area is 130 Å². The van der Waals surface area contributed by atoms with E-state index in [4.69, 9.17) is 22.1 Å². The molecule has 0 unspecified atom stereocenters. The minimum absolute atomic E-state index is 0.0855. The molecule has 0 atom stereocenters. The summed E-state index contributed by atoms with van der Waals surface area (Å²) in [5, 5.41) is 3.48. The predicted octanol–water partition coefficient (Wildman–Crippen LogP) is 2.70. The molecular formula is C15H22ClN3O2. The highest BCUT2D eigenvalue weighted by molar-refractivity contribution is 6.30. The van der Waals surface area contributed by atoms with E-state index in [1.165, 1.54) is 0 Å². The third-order valence-corrected chi connectivity index (χ3v) is 3.74. The molecule has 0 radical (unpaired) electrons. The highest BCUT2D eigenvalue weighted by atomic mass is 35.5. The van der Waals surface area contributed by atoms with Crippen LogP contribution in [0.25, 0.3) is 0 Å². The number of hydrogen-bond donors (Lipinski definition) is 2. The second-order valence-electron chi connectivity index (χ2n) is 5.14. The van der Waals surface area contributed by atoms with Crippen molar-refractivity contribution >= 4 is 23.3 Å². The number of likely N-dealkylation sites (tertiary alicyclic amines) is 1. The van der Waals surface area contributed by atoms with E-state index in [9.17, 15) is 4.79 Å². The molecule has 5 nitrogen and oxygen atoms in total. The van der Waals surface area contributed by atoms with Gasteiger partial charge in [0.05, 0.1) is 6.10 Å². The third-order valence-electron chi connectivity index (χ3n) is 3.51. The molecule has 1 aliphatic rings. The number of ether oxygens (including phenoxy) is 1. The lowest BCUT2D eigenvalue weighted by atomic mass is 10.1. The van der Waals surface area contributed by atoms with Gasteiger partial charge in [0.1, 0.15) is 0 Å². The summed E-state index contributed by atoms with van der Waals surface area (Å²) in [4.78, 5) is 14.0. The van der Waals surface area contributed by atoms with Gasteiger partial charge in [0.25, 0.3) is 0 Å². The van der Waals surface area contributed by atoms with Crippen LogP contribution in [0, 0.1) is 0 Å².